The van der Waals surface area contributed by atoms with Gasteiger partial charge in [0, 0.05) is 30.9 Å². The molecule has 108 valence electrons. The molecule has 0 aliphatic rings. The van der Waals surface area contributed by atoms with Crippen LogP contribution < -0.4 is 11.1 Å². The van der Waals surface area contributed by atoms with Crippen LogP contribution in [0.2, 0.25) is 0 Å². The van der Waals surface area contributed by atoms with Gasteiger partial charge in [-0.3, -0.25) is 4.79 Å². The van der Waals surface area contributed by atoms with Crippen molar-refractivity contribution in [2.75, 3.05) is 6.54 Å². The lowest BCUT2D eigenvalue weighted by molar-refractivity contribution is -0.121. The van der Waals surface area contributed by atoms with Crippen LogP contribution in [0.5, 0.6) is 0 Å². The Kier molecular flexibility index (Phi) is 4.74. The number of nitrogens with one attached hydrogen (secondary N) is 1. The van der Waals surface area contributed by atoms with E-state index in [9.17, 15) is 4.79 Å². The summed E-state index contributed by atoms with van der Waals surface area (Å²) in [5.74, 6) is -0.488. The average molecular weight is 274 g/mol. The molecule has 2 heterocycles. The van der Waals surface area contributed by atoms with E-state index in [-0.39, 0.29) is 11.8 Å². The van der Waals surface area contributed by atoms with Crippen LogP contribution in [0, 0.1) is 5.92 Å². The molecule has 5 nitrogen and oxygen atoms in total. The minimum Gasteiger partial charge on any atom is -0.369 e. The van der Waals surface area contributed by atoms with Crippen LogP contribution in [0.15, 0.2) is 24.5 Å². The van der Waals surface area contributed by atoms with E-state index in [1.807, 2.05) is 17.6 Å². The van der Waals surface area contributed by atoms with Gasteiger partial charge in [-0.1, -0.05) is 13.8 Å². The lowest BCUT2D eigenvalue weighted by atomic mass is 10.2. The molecule has 0 aliphatic heterocycles. The van der Waals surface area contributed by atoms with E-state index in [0.717, 1.165) is 30.5 Å². The van der Waals surface area contributed by atoms with Gasteiger partial charge in [0.2, 0.25) is 5.91 Å². The minimum absolute atomic E-state index is 0.205. The van der Waals surface area contributed by atoms with Gasteiger partial charge >= 0.3 is 0 Å². The Balaban J connectivity index is 2.28. The van der Waals surface area contributed by atoms with Crippen molar-refractivity contribution in [1.82, 2.24) is 14.9 Å². The highest BCUT2D eigenvalue weighted by molar-refractivity contribution is 5.81. The molecular weight excluding hydrogens is 252 g/mol. The molecular formula is C15H22N4O. The molecule has 1 amide bonds. The lowest BCUT2D eigenvalue weighted by Gasteiger charge is -2.09. The Bertz CT molecular complexity index is 591. The second kappa shape index (κ2) is 6.52. The zero-order valence-electron chi connectivity index (χ0n) is 12.1. The number of carbonyl (C=O) groups excluding carboxylic acids is 1. The molecule has 0 saturated carbocycles. The summed E-state index contributed by atoms with van der Waals surface area (Å²) in [5.41, 5.74) is 7.47. The third kappa shape index (κ3) is 3.17. The topological polar surface area (TPSA) is 72.9 Å². The van der Waals surface area contributed by atoms with Crippen molar-refractivity contribution in [3.63, 3.8) is 0 Å². The smallest absolute Gasteiger partial charge is 0.222 e. The maximum atomic E-state index is 11.2. The predicted molar refractivity (Wildman–Crippen MR) is 80.1 cm³/mol. The highest BCUT2D eigenvalue weighted by Gasteiger charge is 2.14. The number of carbonyl (C=O) groups is 1. The van der Waals surface area contributed by atoms with Crippen LogP contribution in [0.25, 0.3) is 11.0 Å². The normalized spacial score (nSPS) is 12.7. The van der Waals surface area contributed by atoms with E-state index in [0.29, 0.717) is 6.54 Å². The van der Waals surface area contributed by atoms with Gasteiger partial charge in [-0.2, -0.15) is 0 Å². The molecule has 0 fully saturated rings. The van der Waals surface area contributed by atoms with Gasteiger partial charge in [0.25, 0.3) is 0 Å². The summed E-state index contributed by atoms with van der Waals surface area (Å²) in [6, 6.07) is 4.00. The van der Waals surface area contributed by atoms with E-state index in [2.05, 4.69) is 29.5 Å². The van der Waals surface area contributed by atoms with Gasteiger partial charge in [-0.05, 0) is 30.7 Å². The number of nitrogens with two attached hydrogens (primary N) is 1. The number of rotatable bonds is 7. The maximum absolute atomic E-state index is 11.2. The van der Waals surface area contributed by atoms with Crippen LogP contribution in [0.4, 0.5) is 0 Å². The number of pyridine rings is 1. The van der Waals surface area contributed by atoms with E-state index >= 15 is 0 Å². The van der Waals surface area contributed by atoms with E-state index in [1.54, 1.807) is 6.20 Å². The molecule has 0 radical (unpaired) electrons. The second-order valence-electron chi connectivity index (χ2n) is 5.16. The van der Waals surface area contributed by atoms with Crippen molar-refractivity contribution < 1.29 is 4.79 Å². The molecule has 0 spiro atoms. The Morgan fingerprint density at radius 3 is 3.05 bits per heavy atom. The summed E-state index contributed by atoms with van der Waals surface area (Å²) >= 11 is 0. The summed E-state index contributed by atoms with van der Waals surface area (Å²) in [7, 11) is 0. The molecule has 1 unspecified atom stereocenters. The van der Waals surface area contributed by atoms with Crippen molar-refractivity contribution in [1.29, 1.82) is 0 Å². The first kappa shape index (κ1) is 14.5. The zero-order valence-corrected chi connectivity index (χ0v) is 12.1. The van der Waals surface area contributed by atoms with Crippen LogP contribution in [-0.2, 0) is 17.9 Å². The van der Waals surface area contributed by atoms with E-state index < -0.39 is 0 Å². The summed E-state index contributed by atoms with van der Waals surface area (Å²) < 4.78 is 2.02. The number of amides is 1. The van der Waals surface area contributed by atoms with Crippen molar-refractivity contribution >= 4 is 16.9 Å². The molecule has 0 aliphatic carbocycles. The third-order valence-corrected chi connectivity index (χ3v) is 3.41. The predicted octanol–water partition coefficient (Wildman–Crippen LogP) is 1.66. The van der Waals surface area contributed by atoms with Gasteiger partial charge < -0.3 is 15.6 Å². The molecule has 0 saturated heterocycles. The Labute approximate surface area is 119 Å². The summed E-state index contributed by atoms with van der Waals surface area (Å²) in [6.45, 7) is 6.35. The third-order valence-electron chi connectivity index (χ3n) is 3.41. The fourth-order valence-electron chi connectivity index (χ4n) is 2.26. The summed E-state index contributed by atoms with van der Waals surface area (Å²) in [4.78, 5) is 15.7. The standard InChI is InChI=1S/C15H22N4O/c1-3-6-17-8-12-10-19(9-11(2)14(16)20)15-13(12)5-4-7-18-15/h4-5,7,10-11,17H,3,6,8-9H2,1-2H3,(H2,16,20). The monoisotopic (exact) mass is 274 g/mol. The Morgan fingerprint density at radius 1 is 1.55 bits per heavy atom. The second-order valence-corrected chi connectivity index (χ2v) is 5.16. The zero-order chi connectivity index (χ0) is 14.5. The van der Waals surface area contributed by atoms with Crippen molar-refractivity contribution in [3.8, 4) is 0 Å². The van der Waals surface area contributed by atoms with Crippen LogP contribution in [0.1, 0.15) is 25.8 Å². The maximum Gasteiger partial charge on any atom is 0.222 e. The SMILES string of the molecule is CCCNCc1cn(CC(C)C(N)=O)c2ncccc12. The molecule has 5 heteroatoms. The number of fused-ring (bicyclic) bond motifs is 1. The molecule has 2 aromatic rings. The number of hydrogen-bond acceptors (Lipinski definition) is 3. The van der Waals surface area contributed by atoms with Crippen LogP contribution >= 0.6 is 0 Å². The number of aromatic nitrogens is 2. The highest BCUT2D eigenvalue weighted by atomic mass is 16.1. The summed E-state index contributed by atoms with van der Waals surface area (Å²) in [5, 5.41) is 4.53. The van der Waals surface area contributed by atoms with Crippen molar-refractivity contribution in [2.45, 2.75) is 33.4 Å². The first-order chi connectivity index (χ1) is 9.63. The molecule has 0 bridgehead atoms. The van der Waals surface area contributed by atoms with Gasteiger partial charge in [0.1, 0.15) is 5.65 Å². The molecule has 2 aromatic heterocycles. The molecule has 1 atom stereocenters. The van der Waals surface area contributed by atoms with E-state index in [4.69, 9.17) is 5.73 Å². The number of hydrogen-bond donors (Lipinski definition) is 2. The van der Waals surface area contributed by atoms with Gasteiger partial charge in [0.05, 0.1) is 5.92 Å². The first-order valence-corrected chi connectivity index (χ1v) is 7.06. The minimum atomic E-state index is -0.284. The van der Waals surface area contributed by atoms with Crippen LogP contribution in [0.3, 0.4) is 0 Å². The van der Waals surface area contributed by atoms with Crippen LogP contribution in [-0.4, -0.2) is 22.0 Å². The van der Waals surface area contributed by atoms with Gasteiger partial charge in [-0.15, -0.1) is 0 Å². The first-order valence-electron chi connectivity index (χ1n) is 7.06. The van der Waals surface area contributed by atoms with Gasteiger partial charge in [-0.25, -0.2) is 4.98 Å². The average Bonchev–Trinajstić information content (AvgIpc) is 2.78. The number of nitrogens with zero attached hydrogens (tertiary/aromatic N) is 2. The largest absolute Gasteiger partial charge is 0.369 e. The quantitative estimate of drug-likeness (QED) is 0.754. The fraction of sp³-hybridized carbons (Fsp3) is 0.467. The number of primary amides is 1. The lowest BCUT2D eigenvalue weighted by Crippen LogP contribution is -2.24. The molecule has 0 aromatic carbocycles. The highest BCUT2D eigenvalue weighted by Crippen LogP contribution is 2.20. The molecule has 2 rings (SSSR count). The van der Waals surface area contributed by atoms with Gasteiger partial charge in [0.15, 0.2) is 0 Å². The van der Waals surface area contributed by atoms with E-state index in [1.165, 1.54) is 5.56 Å². The fourth-order valence-corrected chi connectivity index (χ4v) is 2.26. The molecule has 20 heavy (non-hydrogen) atoms. The summed E-state index contributed by atoms with van der Waals surface area (Å²) in [6.07, 6.45) is 4.95. The van der Waals surface area contributed by atoms with Crippen molar-refractivity contribution in [2.24, 2.45) is 11.7 Å². The molecule has 3 N–H and O–H groups in total. The Hall–Kier alpha value is -1.88. The van der Waals surface area contributed by atoms with Crippen molar-refractivity contribution in [3.05, 3.63) is 30.1 Å². The Morgan fingerprint density at radius 2 is 2.35 bits per heavy atom.